The molecule has 7 heteroatoms. The molecule has 0 amide bonds. The van der Waals surface area contributed by atoms with E-state index < -0.39 is 23.3 Å². The highest BCUT2D eigenvalue weighted by Gasteiger charge is 2.33. The minimum absolute atomic E-state index is 0.0369. The fourth-order valence-corrected chi connectivity index (χ4v) is 2.28. The van der Waals surface area contributed by atoms with E-state index in [9.17, 15) is 22.8 Å². The Morgan fingerprint density at radius 3 is 2.48 bits per heavy atom. The first kappa shape index (κ1) is 16.8. The number of rotatable bonds is 3. The molecule has 23 heavy (non-hydrogen) atoms. The maximum Gasteiger partial charge on any atom is 0.416 e. The summed E-state index contributed by atoms with van der Waals surface area (Å²) in [6.07, 6.45) is -4.76. The normalized spacial score (nSPS) is 11.3. The van der Waals surface area contributed by atoms with Crippen LogP contribution in [-0.4, -0.2) is 18.1 Å². The molecule has 0 spiro atoms. The number of aromatic nitrogens is 1. The van der Waals surface area contributed by atoms with Gasteiger partial charge in [0, 0.05) is 17.7 Å². The van der Waals surface area contributed by atoms with Gasteiger partial charge in [-0.3, -0.25) is 4.79 Å². The zero-order valence-electron chi connectivity index (χ0n) is 12.5. The summed E-state index contributed by atoms with van der Waals surface area (Å²) < 4.78 is 43.7. The third-order valence-corrected chi connectivity index (χ3v) is 3.42. The SMILES string of the molecule is COC(=O)c1cc(Cc2ccccc2C(F)(F)F)c(=O)[nH]c1C. The number of hydrogen-bond acceptors (Lipinski definition) is 3. The van der Waals surface area contributed by atoms with E-state index >= 15 is 0 Å². The topological polar surface area (TPSA) is 59.2 Å². The first-order valence-corrected chi connectivity index (χ1v) is 6.70. The molecule has 1 heterocycles. The zero-order chi connectivity index (χ0) is 17.2. The van der Waals surface area contributed by atoms with Crippen LogP contribution < -0.4 is 5.56 Å². The first-order chi connectivity index (χ1) is 10.7. The van der Waals surface area contributed by atoms with Crippen molar-refractivity contribution in [3.63, 3.8) is 0 Å². The van der Waals surface area contributed by atoms with Crippen molar-refractivity contribution in [3.05, 3.63) is 68.6 Å². The summed E-state index contributed by atoms with van der Waals surface area (Å²) in [5.74, 6) is -0.663. The number of benzene rings is 1. The molecule has 4 nitrogen and oxygen atoms in total. The Kier molecular flexibility index (Phi) is 4.58. The maximum absolute atomic E-state index is 13.0. The monoisotopic (exact) mass is 325 g/mol. The highest BCUT2D eigenvalue weighted by molar-refractivity contribution is 5.90. The van der Waals surface area contributed by atoms with Gasteiger partial charge >= 0.3 is 12.1 Å². The van der Waals surface area contributed by atoms with E-state index in [0.29, 0.717) is 5.69 Å². The molecule has 0 aliphatic carbocycles. The molecule has 0 fully saturated rings. The maximum atomic E-state index is 13.0. The van der Waals surface area contributed by atoms with Gasteiger partial charge in [-0.15, -0.1) is 0 Å². The number of carbonyl (C=O) groups excluding carboxylic acids is 1. The number of nitrogens with one attached hydrogen (secondary N) is 1. The number of carbonyl (C=O) groups is 1. The van der Waals surface area contributed by atoms with Crippen LogP contribution in [0.4, 0.5) is 13.2 Å². The van der Waals surface area contributed by atoms with E-state index in [1.54, 1.807) is 0 Å². The van der Waals surface area contributed by atoms with Gasteiger partial charge in [-0.25, -0.2) is 4.79 Å². The number of halogens is 3. The largest absolute Gasteiger partial charge is 0.465 e. The van der Waals surface area contributed by atoms with Crippen molar-refractivity contribution < 1.29 is 22.7 Å². The Morgan fingerprint density at radius 1 is 1.22 bits per heavy atom. The Bertz CT molecular complexity index is 794. The first-order valence-electron chi connectivity index (χ1n) is 6.70. The number of ether oxygens (including phenoxy) is 1. The standard InChI is InChI=1S/C16H14F3NO3/c1-9-12(15(22)23-2)8-11(14(21)20-9)7-10-5-3-4-6-13(10)16(17,18)19/h3-6,8H,7H2,1-2H3,(H,20,21). The molecule has 0 radical (unpaired) electrons. The molecule has 2 rings (SSSR count). The van der Waals surface area contributed by atoms with Crippen molar-refractivity contribution in [3.8, 4) is 0 Å². The molecule has 0 unspecified atom stereocenters. The Morgan fingerprint density at radius 2 is 1.87 bits per heavy atom. The van der Waals surface area contributed by atoms with Crippen LogP contribution in [0.15, 0.2) is 35.1 Å². The van der Waals surface area contributed by atoms with Crippen molar-refractivity contribution >= 4 is 5.97 Å². The Hall–Kier alpha value is -2.57. The second-order valence-corrected chi connectivity index (χ2v) is 4.99. The van der Waals surface area contributed by atoms with Gasteiger partial charge in [0.1, 0.15) is 0 Å². The van der Waals surface area contributed by atoms with E-state index in [0.717, 1.165) is 6.07 Å². The smallest absolute Gasteiger partial charge is 0.416 e. The van der Waals surface area contributed by atoms with E-state index in [1.165, 1.54) is 38.3 Å². The molecular weight excluding hydrogens is 311 g/mol. The lowest BCUT2D eigenvalue weighted by atomic mass is 9.99. The van der Waals surface area contributed by atoms with Crippen molar-refractivity contribution in [2.75, 3.05) is 7.11 Å². The summed E-state index contributed by atoms with van der Waals surface area (Å²) >= 11 is 0. The molecule has 0 aliphatic rings. The average Bonchev–Trinajstić information content (AvgIpc) is 2.48. The number of H-pyrrole nitrogens is 1. The lowest BCUT2D eigenvalue weighted by Gasteiger charge is -2.13. The van der Waals surface area contributed by atoms with Crippen LogP contribution in [0.2, 0.25) is 0 Å². The number of aryl methyl sites for hydroxylation is 1. The fourth-order valence-electron chi connectivity index (χ4n) is 2.28. The number of hydrogen-bond donors (Lipinski definition) is 1. The fraction of sp³-hybridized carbons (Fsp3) is 0.250. The number of alkyl halides is 3. The zero-order valence-corrected chi connectivity index (χ0v) is 12.5. The quantitative estimate of drug-likeness (QED) is 0.882. The van der Waals surface area contributed by atoms with Gasteiger partial charge in [-0.1, -0.05) is 18.2 Å². The van der Waals surface area contributed by atoms with Crippen LogP contribution >= 0.6 is 0 Å². The minimum Gasteiger partial charge on any atom is -0.465 e. The average molecular weight is 325 g/mol. The van der Waals surface area contributed by atoms with Crippen molar-refractivity contribution in [2.45, 2.75) is 19.5 Å². The summed E-state index contributed by atoms with van der Waals surface area (Å²) in [7, 11) is 1.19. The van der Waals surface area contributed by atoms with E-state index in [4.69, 9.17) is 0 Å². The second kappa shape index (κ2) is 6.28. The van der Waals surface area contributed by atoms with Gasteiger partial charge in [0.05, 0.1) is 18.2 Å². The van der Waals surface area contributed by atoms with Gasteiger partial charge < -0.3 is 9.72 Å². The van der Waals surface area contributed by atoms with Crippen LogP contribution in [0.3, 0.4) is 0 Å². The Labute approximate surface area is 129 Å². The summed E-state index contributed by atoms with van der Waals surface area (Å²) in [5.41, 5.74) is -0.897. The number of aromatic amines is 1. The van der Waals surface area contributed by atoms with Crippen LogP contribution in [0.1, 0.15) is 32.7 Å². The summed E-state index contributed by atoms with van der Waals surface area (Å²) in [5, 5.41) is 0. The molecule has 1 aromatic carbocycles. The van der Waals surface area contributed by atoms with Crippen LogP contribution in [-0.2, 0) is 17.3 Å². The van der Waals surface area contributed by atoms with Gasteiger partial charge in [0.2, 0.25) is 0 Å². The van der Waals surface area contributed by atoms with Crippen molar-refractivity contribution in [1.82, 2.24) is 4.98 Å². The third kappa shape index (κ3) is 3.61. The highest BCUT2D eigenvalue weighted by Crippen LogP contribution is 2.32. The summed E-state index contributed by atoms with van der Waals surface area (Å²) in [4.78, 5) is 26.1. The van der Waals surface area contributed by atoms with E-state index in [1.807, 2.05) is 0 Å². The van der Waals surface area contributed by atoms with Gasteiger partial charge in [0.15, 0.2) is 0 Å². The van der Waals surface area contributed by atoms with E-state index in [2.05, 4.69) is 9.72 Å². The molecule has 0 saturated heterocycles. The number of methoxy groups -OCH3 is 1. The van der Waals surface area contributed by atoms with Crippen molar-refractivity contribution in [2.24, 2.45) is 0 Å². The third-order valence-electron chi connectivity index (χ3n) is 3.42. The molecule has 122 valence electrons. The van der Waals surface area contributed by atoms with Gasteiger partial charge in [0.25, 0.3) is 5.56 Å². The second-order valence-electron chi connectivity index (χ2n) is 4.99. The Balaban J connectivity index is 2.50. The lowest BCUT2D eigenvalue weighted by Crippen LogP contribution is -2.19. The minimum atomic E-state index is -4.51. The van der Waals surface area contributed by atoms with Crippen LogP contribution in [0.5, 0.6) is 0 Å². The molecular formula is C16H14F3NO3. The van der Waals surface area contributed by atoms with Crippen LogP contribution in [0.25, 0.3) is 0 Å². The molecule has 0 aliphatic heterocycles. The molecule has 2 aromatic rings. The predicted molar refractivity (Wildman–Crippen MR) is 77.4 cm³/mol. The van der Waals surface area contributed by atoms with Crippen molar-refractivity contribution in [1.29, 1.82) is 0 Å². The highest BCUT2D eigenvalue weighted by atomic mass is 19.4. The summed E-state index contributed by atoms with van der Waals surface area (Å²) in [6, 6.07) is 6.28. The number of esters is 1. The van der Waals surface area contributed by atoms with Gasteiger partial charge in [-0.05, 0) is 24.6 Å². The molecule has 0 saturated carbocycles. The molecule has 1 N–H and O–H groups in total. The van der Waals surface area contributed by atoms with Gasteiger partial charge in [-0.2, -0.15) is 13.2 Å². The number of pyridine rings is 1. The molecule has 1 aromatic heterocycles. The summed E-state index contributed by atoms with van der Waals surface area (Å²) in [6.45, 7) is 1.51. The molecule has 0 bridgehead atoms. The van der Waals surface area contributed by atoms with Crippen LogP contribution in [0, 0.1) is 6.92 Å². The van der Waals surface area contributed by atoms with E-state index in [-0.39, 0.29) is 23.1 Å². The molecule has 0 atom stereocenters. The predicted octanol–water partition coefficient (Wildman–Crippen LogP) is 3.08. The lowest BCUT2D eigenvalue weighted by molar-refractivity contribution is -0.138.